The zero-order valence-corrected chi connectivity index (χ0v) is 13.8. The Bertz CT molecular complexity index is 575. The molecule has 2 amide bonds. The molecule has 5 heteroatoms. The molecule has 124 valence electrons. The number of hydroxylamine groups is 2. The summed E-state index contributed by atoms with van der Waals surface area (Å²) >= 11 is 0. The van der Waals surface area contributed by atoms with Crippen LogP contribution in [-0.2, 0) is 9.63 Å². The molecule has 3 rings (SSSR count). The summed E-state index contributed by atoms with van der Waals surface area (Å²) < 4.78 is 0. The first-order valence-corrected chi connectivity index (χ1v) is 8.33. The lowest BCUT2D eigenvalue weighted by Crippen LogP contribution is -2.49. The lowest BCUT2D eigenvalue weighted by Gasteiger charge is -2.34. The molecule has 1 heterocycles. The van der Waals surface area contributed by atoms with E-state index in [-0.39, 0.29) is 17.9 Å². The van der Waals surface area contributed by atoms with Gasteiger partial charge < -0.3 is 4.90 Å². The molecule has 1 aromatic carbocycles. The summed E-state index contributed by atoms with van der Waals surface area (Å²) in [5.41, 5.74) is 0.650. The maximum atomic E-state index is 13.0. The number of likely N-dealkylation sites (tertiary alicyclic amines) is 1. The van der Waals surface area contributed by atoms with E-state index in [2.05, 4.69) is 0 Å². The molecule has 3 atom stereocenters. The van der Waals surface area contributed by atoms with Crippen LogP contribution in [0.25, 0.3) is 0 Å². The molecule has 1 aliphatic carbocycles. The summed E-state index contributed by atoms with van der Waals surface area (Å²) in [7, 11) is 3.08. The van der Waals surface area contributed by atoms with Gasteiger partial charge in [0.2, 0.25) is 0 Å². The van der Waals surface area contributed by atoms with Gasteiger partial charge in [-0.2, -0.15) is 0 Å². The second-order valence-corrected chi connectivity index (χ2v) is 6.46. The maximum absolute atomic E-state index is 13.0. The van der Waals surface area contributed by atoms with E-state index in [1.54, 1.807) is 7.05 Å². The quantitative estimate of drug-likeness (QED) is 0.805. The van der Waals surface area contributed by atoms with Crippen LogP contribution in [0.15, 0.2) is 30.3 Å². The highest BCUT2D eigenvalue weighted by Gasteiger charge is 2.48. The molecular weight excluding hydrogens is 292 g/mol. The molecule has 0 radical (unpaired) electrons. The second kappa shape index (κ2) is 6.71. The highest BCUT2D eigenvalue weighted by Crippen LogP contribution is 2.40. The van der Waals surface area contributed by atoms with Gasteiger partial charge in [-0.3, -0.25) is 14.4 Å². The van der Waals surface area contributed by atoms with Crippen molar-refractivity contribution < 1.29 is 14.4 Å². The van der Waals surface area contributed by atoms with Crippen LogP contribution < -0.4 is 0 Å². The van der Waals surface area contributed by atoms with E-state index >= 15 is 0 Å². The van der Waals surface area contributed by atoms with E-state index in [0.717, 1.165) is 25.7 Å². The maximum Gasteiger partial charge on any atom is 0.268 e. The Kier molecular flexibility index (Phi) is 4.66. The third-order valence-electron chi connectivity index (χ3n) is 5.21. The van der Waals surface area contributed by atoms with Gasteiger partial charge in [0, 0.05) is 18.7 Å². The van der Waals surface area contributed by atoms with Crippen LogP contribution in [-0.4, -0.2) is 48.0 Å². The molecule has 1 aromatic rings. The second-order valence-electron chi connectivity index (χ2n) is 6.46. The summed E-state index contributed by atoms with van der Waals surface area (Å²) in [6, 6.07) is 9.02. The van der Waals surface area contributed by atoms with E-state index in [4.69, 9.17) is 4.84 Å². The Morgan fingerprint density at radius 3 is 2.57 bits per heavy atom. The van der Waals surface area contributed by atoms with Crippen LogP contribution in [0.4, 0.5) is 0 Å². The predicted molar refractivity (Wildman–Crippen MR) is 86.5 cm³/mol. The van der Waals surface area contributed by atoms with E-state index in [9.17, 15) is 9.59 Å². The van der Waals surface area contributed by atoms with Gasteiger partial charge in [-0.25, -0.2) is 5.06 Å². The molecule has 0 bridgehead atoms. The van der Waals surface area contributed by atoms with E-state index in [0.29, 0.717) is 11.5 Å². The minimum atomic E-state index is -0.416. The van der Waals surface area contributed by atoms with Crippen LogP contribution in [0, 0.1) is 5.92 Å². The van der Waals surface area contributed by atoms with E-state index in [1.165, 1.54) is 18.6 Å². The number of fused-ring (bicyclic) bond motifs is 1. The van der Waals surface area contributed by atoms with Crippen LogP contribution in [0.1, 0.15) is 42.5 Å². The van der Waals surface area contributed by atoms with Gasteiger partial charge in [0.1, 0.15) is 6.04 Å². The number of benzene rings is 1. The Balaban J connectivity index is 1.91. The molecule has 5 nitrogen and oxygen atoms in total. The largest absolute Gasteiger partial charge is 0.323 e. The average molecular weight is 316 g/mol. The summed E-state index contributed by atoms with van der Waals surface area (Å²) in [5, 5.41) is 1.24. The zero-order valence-electron chi connectivity index (χ0n) is 13.8. The average Bonchev–Trinajstić information content (AvgIpc) is 2.99. The summed E-state index contributed by atoms with van der Waals surface area (Å²) in [5.74, 6) is 0.254. The van der Waals surface area contributed by atoms with Crippen molar-refractivity contribution in [1.82, 2.24) is 9.96 Å². The van der Waals surface area contributed by atoms with Crippen molar-refractivity contribution >= 4 is 11.8 Å². The number of amides is 2. The van der Waals surface area contributed by atoms with Crippen molar-refractivity contribution in [2.24, 2.45) is 5.92 Å². The number of nitrogens with zero attached hydrogens (tertiary/aromatic N) is 2. The van der Waals surface area contributed by atoms with Gasteiger partial charge in [0.25, 0.3) is 11.8 Å². The Morgan fingerprint density at radius 1 is 1.17 bits per heavy atom. The number of hydrogen-bond donors (Lipinski definition) is 0. The lowest BCUT2D eigenvalue weighted by atomic mass is 9.84. The van der Waals surface area contributed by atoms with Crippen molar-refractivity contribution in [3.63, 3.8) is 0 Å². The number of carbonyl (C=O) groups excluding carboxylic acids is 2. The van der Waals surface area contributed by atoms with Gasteiger partial charge in [0.15, 0.2) is 0 Å². The van der Waals surface area contributed by atoms with Crippen molar-refractivity contribution in [3.05, 3.63) is 35.9 Å². The molecule has 2 fully saturated rings. The fourth-order valence-electron chi connectivity index (χ4n) is 4.00. The number of hydrogen-bond acceptors (Lipinski definition) is 3. The molecular formula is C18H24N2O3. The molecule has 2 aliphatic rings. The minimum Gasteiger partial charge on any atom is -0.323 e. The molecule has 1 saturated heterocycles. The van der Waals surface area contributed by atoms with Crippen LogP contribution in [0.2, 0.25) is 0 Å². The third-order valence-corrected chi connectivity index (χ3v) is 5.21. The fraction of sp³-hybridized carbons (Fsp3) is 0.556. The summed E-state index contributed by atoms with van der Waals surface area (Å²) in [6.45, 7) is 0. The van der Waals surface area contributed by atoms with Gasteiger partial charge in [0.05, 0.1) is 7.11 Å². The monoisotopic (exact) mass is 316 g/mol. The first-order valence-electron chi connectivity index (χ1n) is 8.33. The molecule has 1 saturated carbocycles. The summed E-state index contributed by atoms with van der Waals surface area (Å²) in [4.78, 5) is 32.6. The van der Waals surface area contributed by atoms with Crippen molar-refractivity contribution in [2.45, 2.75) is 44.2 Å². The number of likely N-dealkylation sites (N-methyl/N-ethyl adjacent to an activating group) is 1. The van der Waals surface area contributed by atoms with Gasteiger partial charge in [-0.1, -0.05) is 31.0 Å². The normalized spacial score (nSPS) is 26.7. The smallest absolute Gasteiger partial charge is 0.268 e. The first-order chi connectivity index (χ1) is 11.1. The Labute approximate surface area is 137 Å². The SMILES string of the molecule is CON(C)C(=O)C1CC2CCCCC2N1C(=O)c1ccccc1. The van der Waals surface area contributed by atoms with Crippen LogP contribution in [0.3, 0.4) is 0 Å². The highest BCUT2D eigenvalue weighted by atomic mass is 16.7. The molecule has 23 heavy (non-hydrogen) atoms. The molecule has 0 spiro atoms. The van der Waals surface area contributed by atoms with Crippen molar-refractivity contribution in [2.75, 3.05) is 14.2 Å². The molecule has 0 aromatic heterocycles. The van der Waals surface area contributed by atoms with E-state index in [1.807, 2.05) is 35.2 Å². The molecule has 1 aliphatic heterocycles. The van der Waals surface area contributed by atoms with E-state index < -0.39 is 6.04 Å². The predicted octanol–water partition coefficient (Wildman–Crippen LogP) is 2.48. The van der Waals surface area contributed by atoms with Gasteiger partial charge in [-0.05, 0) is 37.3 Å². The molecule has 0 N–H and O–H groups in total. The number of rotatable bonds is 3. The fourth-order valence-corrected chi connectivity index (χ4v) is 4.00. The molecule has 3 unspecified atom stereocenters. The zero-order chi connectivity index (χ0) is 16.4. The van der Waals surface area contributed by atoms with Crippen LogP contribution >= 0.6 is 0 Å². The highest BCUT2D eigenvalue weighted by molar-refractivity contribution is 5.98. The first kappa shape index (κ1) is 16.0. The van der Waals surface area contributed by atoms with Gasteiger partial charge in [-0.15, -0.1) is 0 Å². The summed E-state index contributed by atoms with van der Waals surface area (Å²) in [6.07, 6.45) is 5.15. The Morgan fingerprint density at radius 2 is 1.87 bits per heavy atom. The lowest BCUT2D eigenvalue weighted by molar-refractivity contribution is -0.173. The Hall–Kier alpha value is -1.88. The topological polar surface area (TPSA) is 49.9 Å². The van der Waals surface area contributed by atoms with Crippen LogP contribution in [0.5, 0.6) is 0 Å². The minimum absolute atomic E-state index is 0.0390. The van der Waals surface area contributed by atoms with Crippen molar-refractivity contribution in [3.8, 4) is 0 Å². The number of carbonyl (C=O) groups is 2. The van der Waals surface area contributed by atoms with Gasteiger partial charge >= 0.3 is 0 Å². The van der Waals surface area contributed by atoms with Crippen molar-refractivity contribution in [1.29, 1.82) is 0 Å². The third kappa shape index (κ3) is 2.98. The standard InChI is InChI=1S/C18H24N2O3/c1-19(23-2)18(22)16-12-14-10-6-7-11-15(14)20(16)17(21)13-8-4-3-5-9-13/h3-5,8-9,14-16H,6-7,10-12H2,1-2H3.